The van der Waals surface area contributed by atoms with Gasteiger partial charge in [-0.3, -0.25) is 10.1 Å². The second-order valence-corrected chi connectivity index (χ2v) is 3.58. The van der Waals surface area contributed by atoms with Crippen LogP contribution in [0.1, 0.15) is 5.56 Å². The third kappa shape index (κ3) is 4.73. The zero-order chi connectivity index (χ0) is 12.7. The summed E-state index contributed by atoms with van der Waals surface area (Å²) in [5.74, 6) is -0.174. The van der Waals surface area contributed by atoms with Crippen LogP contribution in [0.25, 0.3) is 0 Å². The molecule has 0 aliphatic rings. The van der Waals surface area contributed by atoms with Gasteiger partial charge in [-0.15, -0.1) is 5.10 Å². The van der Waals surface area contributed by atoms with Crippen molar-refractivity contribution in [2.24, 2.45) is 0 Å². The number of halogens is 2. The maximum atomic E-state index is 12.3. The molecule has 90 valence electrons. The average Bonchev–Trinajstić information content (AvgIpc) is 2.83. The second kappa shape index (κ2) is 6.74. The molecule has 1 aromatic carbocycles. The highest BCUT2D eigenvalue weighted by Crippen LogP contribution is 2.06. The van der Waals surface area contributed by atoms with Gasteiger partial charge in [-0.1, -0.05) is 28.1 Å². The Morgan fingerprint density at radius 1 is 1.53 bits per heavy atom. The van der Waals surface area contributed by atoms with Gasteiger partial charge >= 0.3 is 5.69 Å². The molecule has 2 N–H and O–H groups in total. The standard InChI is InChI=1S/C7H6BrF.C3H3N3O2/c8-5-6-2-1-3-7(9)4-6;7-6(8)3-1-4-5-2-3/h1-4H,5H2;1-2H,(H,4,5)/p+1. The number of nitro groups is 1. The second-order valence-electron chi connectivity index (χ2n) is 3.02. The number of benzene rings is 1. The van der Waals surface area contributed by atoms with Gasteiger partial charge in [0.1, 0.15) is 12.0 Å². The smallest absolute Gasteiger partial charge is 0.258 e. The van der Waals surface area contributed by atoms with E-state index in [4.69, 9.17) is 0 Å². The third-order valence-corrected chi connectivity index (χ3v) is 2.43. The first-order valence-electron chi connectivity index (χ1n) is 4.62. The van der Waals surface area contributed by atoms with Crippen LogP contribution in [-0.4, -0.2) is 10.0 Å². The van der Waals surface area contributed by atoms with Crippen LogP contribution in [0.4, 0.5) is 10.1 Å². The summed E-state index contributed by atoms with van der Waals surface area (Å²) in [6, 6.07) is 6.52. The lowest BCUT2D eigenvalue weighted by atomic mass is 10.2. The Kier molecular flexibility index (Phi) is 5.28. The van der Waals surface area contributed by atoms with Crippen molar-refractivity contribution < 1.29 is 14.4 Å². The Morgan fingerprint density at radius 3 is 2.65 bits per heavy atom. The molecule has 0 saturated heterocycles. The Labute approximate surface area is 105 Å². The predicted molar refractivity (Wildman–Crippen MR) is 63.0 cm³/mol. The van der Waals surface area contributed by atoms with Gasteiger partial charge in [-0.05, 0) is 17.7 Å². The molecule has 2 rings (SSSR count). The van der Waals surface area contributed by atoms with Gasteiger partial charge in [0.15, 0.2) is 0 Å². The highest BCUT2D eigenvalue weighted by molar-refractivity contribution is 9.08. The summed E-state index contributed by atoms with van der Waals surface area (Å²) in [6.07, 6.45) is 2.56. The molecule has 17 heavy (non-hydrogen) atoms. The number of hydrogen-bond acceptors (Lipinski definition) is 2. The molecule has 0 fully saturated rings. The van der Waals surface area contributed by atoms with Crippen molar-refractivity contribution in [3.8, 4) is 0 Å². The van der Waals surface area contributed by atoms with Gasteiger partial charge < -0.3 is 0 Å². The minimum atomic E-state index is -0.479. The number of aromatic nitrogens is 2. The molecule has 0 saturated carbocycles. The van der Waals surface area contributed by atoms with Crippen molar-refractivity contribution in [3.63, 3.8) is 0 Å². The highest BCUT2D eigenvalue weighted by Gasteiger charge is 2.07. The lowest BCUT2D eigenvalue weighted by Crippen LogP contribution is -1.96. The topological polar surface area (TPSA) is 73.1 Å². The Balaban J connectivity index is 0.000000171. The lowest BCUT2D eigenvalue weighted by Gasteiger charge is -1.91. The first kappa shape index (κ1) is 13.3. The minimum Gasteiger partial charge on any atom is -0.258 e. The van der Waals surface area contributed by atoms with E-state index in [2.05, 4.69) is 26.1 Å². The number of nitrogens with zero attached hydrogens (tertiary/aromatic N) is 1. The average molecular weight is 303 g/mol. The van der Waals surface area contributed by atoms with Gasteiger partial charge in [0, 0.05) is 5.33 Å². The molecule has 0 radical (unpaired) electrons. The van der Waals surface area contributed by atoms with Gasteiger partial charge in [0.25, 0.3) is 6.20 Å². The Hall–Kier alpha value is -1.76. The Bertz CT molecular complexity index is 476. The molecule has 0 spiro atoms. The van der Waals surface area contributed by atoms with Crippen LogP contribution in [0, 0.1) is 15.9 Å². The molecule has 2 aromatic rings. The molecule has 0 unspecified atom stereocenters. The molecule has 0 amide bonds. The van der Waals surface area contributed by atoms with Crippen molar-refractivity contribution in [3.05, 3.63) is 58.2 Å². The van der Waals surface area contributed by atoms with E-state index in [1.807, 2.05) is 6.07 Å². The van der Waals surface area contributed by atoms with E-state index in [1.165, 1.54) is 24.5 Å². The fraction of sp³-hybridized carbons (Fsp3) is 0.100. The number of aromatic amines is 2. The van der Waals surface area contributed by atoms with E-state index in [9.17, 15) is 14.5 Å². The molecule has 0 aliphatic carbocycles. The normalized spacial score (nSPS) is 9.29. The monoisotopic (exact) mass is 302 g/mol. The molecule has 1 aromatic heterocycles. The molecule has 5 nitrogen and oxygen atoms in total. The lowest BCUT2D eigenvalue weighted by molar-refractivity contribution is -0.456. The fourth-order valence-corrected chi connectivity index (χ4v) is 1.35. The first-order chi connectivity index (χ1) is 8.13. The van der Waals surface area contributed by atoms with Crippen LogP contribution in [0.3, 0.4) is 0 Å². The van der Waals surface area contributed by atoms with E-state index in [-0.39, 0.29) is 11.5 Å². The summed E-state index contributed by atoms with van der Waals surface area (Å²) in [5, 5.41) is 15.4. The quantitative estimate of drug-likeness (QED) is 0.526. The van der Waals surface area contributed by atoms with Crippen LogP contribution >= 0.6 is 15.9 Å². The number of hydrogen-bond donors (Lipinski definition) is 1. The third-order valence-electron chi connectivity index (χ3n) is 1.78. The summed E-state index contributed by atoms with van der Waals surface area (Å²) in [5.41, 5.74) is 1.01. The van der Waals surface area contributed by atoms with Gasteiger partial charge in [-0.25, -0.2) is 4.39 Å². The fourth-order valence-electron chi connectivity index (χ4n) is 0.998. The SMILES string of the molecule is Fc1cccc(CBr)c1.O=[N+]([O-])c1c[nH][nH+]c1. The van der Waals surface area contributed by atoms with Gasteiger partial charge in [0.05, 0.1) is 4.92 Å². The Morgan fingerprint density at radius 2 is 2.29 bits per heavy atom. The highest BCUT2D eigenvalue weighted by atomic mass is 79.9. The molecule has 0 bridgehead atoms. The minimum absolute atomic E-state index is 0.0463. The number of alkyl halides is 1. The van der Waals surface area contributed by atoms with E-state index in [1.54, 1.807) is 6.07 Å². The van der Waals surface area contributed by atoms with E-state index >= 15 is 0 Å². The van der Waals surface area contributed by atoms with Crippen molar-refractivity contribution in [2.75, 3.05) is 0 Å². The number of rotatable bonds is 2. The zero-order valence-corrected chi connectivity index (χ0v) is 10.3. The van der Waals surface area contributed by atoms with E-state index in [0.29, 0.717) is 5.33 Å². The summed E-state index contributed by atoms with van der Waals surface area (Å²) >= 11 is 3.22. The maximum Gasteiger partial charge on any atom is 0.355 e. The number of H-pyrrole nitrogens is 2. The molecule has 7 heteroatoms. The van der Waals surface area contributed by atoms with Crippen molar-refractivity contribution in [2.45, 2.75) is 5.33 Å². The summed E-state index contributed by atoms with van der Waals surface area (Å²) in [6.45, 7) is 0. The van der Waals surface area contributed by atoms with Crippen LogP contribution in [0.5, 0.6) is 0 Å². The molecular weight excluding hydrogens is 293 g/mol. The summed E-state index contributed by atoms with van der Waals surface area (Å²) in [4.78, 5) is 9.35. The van der Waals surface area contributed by atoms with Crippen LogP contribution in [0.2, 0.25) is 0 Å². The van der Waals surface area contributed by atoms with Gasteiger partial charge in [-0.2, -0.15) is 5.10 Å². The van der Waals surface area contributed by atoms with Crippen molar-refractivity contribution in [1.29, 1.82) is 0 Å². The summed E-state index contributed by atoms with van der Waals surface area (Å²) < 4.78 is 12.3. The van der Waals surface area contributed by atoms with Crippen LogP contribution in [0.15, 0.2) is 36.7 Å². The largest absolute Gasteiger partial charge is 0.355 e. The van der Waals surface area contributed by atoms with Gasteiger partial charge in [0.2, 0.25) is 0 Å². The molecule has 1 heterocycles. The first-order valence-corrected chi connectivity index (χ1v) is 5.75. The van der Waals surface area contributed by atoms with Crippen LogP contribution in [-0.2, 0) is 5.33 Å². The predicted octanol–water partition coefficient (Wildman–Crippen LogP) is 2.46. The van der Waals surface area contributed by atoms with E-state index in [0.717, 1.165) is 5.56 Å². The van der Waals surface area contributed by atoms with Crippen molar-refractivity contribution in [1.82, 2.24) is 5.10 Å². The molecular formula is C10H10BrFN3O2+. The summed E-state index contributed by atoms with van der Waals surface area (Å²) in [7, 11) is 0. The van der Waals surface area contributed by atoms with E-state index < -0.39 is 4.92 Å². The molecule has 0 aliphatic heterocycles. The molecule has 0 atom stereocenters. The zero-order valence-electron chi connectivity index (χ0n) is 8.69. The van der Waals surface area contributed by atoms with Crippen molar-refractivity contribution >= 4 is 21.6 Å². The number of nitrogens with one attached hydrogen (secondary N) is 2. The maximum absolute atomic E-state index is 12.3. The van der Waals surface area contributed by atoms with Crippen LogP contribution < -0.4 is 5.10 Å².